The highest BCUT2D eigenvalue weighted by atomic mass is 16.5. The summed E-state index contributed by atoms with van der Waals surface area (Å²) in [6.45, 7) is 9.86. The van der Waals surface area contributed by atoms with Gasteiger partial charge in [-0.05, 0) is 19.8 Å². The van der Waals surface area contributed by atoms with Crippen LogP contribution in [0.25, 0.3) is 0 Å². The van der Waals surface area contributed by atoms with Crippen molar-refractivity contribution in [2.75, 3.05) is 26.4 Å². The van der Waals surface area contributed by atoms with Crippen molar-refractivity contribution in [3.05, 3.63) is 0 Å². The van der Waals surface area contributed by atoms with Gasteiger partial charge in [0, 0.05) is 6.61 Å². The summed E-state index contributed by atoms with van der Waals surface area (Å²) in [5.74, 6) is 5.36. The first-order valence-corrected chi connectivity index (χ1v) is 5.56. The topological polar surface area (TPSA) is 73.6 Å². The summed E-state index contributed by atoms with van der Waals surface area (Å²) in [6, 6.07) is 0. The Hall–Kier alpha value is -0.650. The van der Waals surface area contributed by atoms with Gasteiger partial charge in [0.2, 0.25) is 5.91 Å². The number of nitrogens with one attached hydrogen (secondary N) is 1. The number of carbonyl (C=O) groups is 1. The van der Waals surface area contributed by atoms with Crippen molar-refractivity contribution >= 4 is 5.91 Å². The van der Waals surface area contributed by atoms with Crippen molar-refractivity contribution in [1.29, 1.82) is 0 Å². The second-order valence-electron chi connectivity index (χ2n) is 4.88. The van der Waals surface area contributed by atoms with Crippen LogP contribution in [0.4, 0.5) is 0 Å². The highest BCUT2D eigenvalue weighted by Gasteiger charge is 2.26. The molecule has 5 nitrogen and oxygen atoms in total. The van der Waals surface area contributed by atoms with Crippen LogP contribution >= 0.6 is 0 Å². The van der Waals surface area contributed by atoms with Crippen LogP contribution in [-0.4, -0.2) is 32.3 Å². The molecule has 96 valence electrons. The van der Waals surface area contributed by atoms with Crippen LogP contribution in [0.5, 0.6) is 0 Å². The predicted molar refractivity (Wildman–Crippen MR) is 62.6 cm³/mol. The monoisotopic (exact) mass is 232 g/mol. The van der Waals surface area contributed by atoms with E-state index >= 15 is 0 Å². The molecule has 0 rings (SSSR count). The molecular formula is C11H24N2O3. The van der Waals surface area contributed by atoms with Crippen LogP contribution in [-0.2, 0) is 14.3 Å². The van der Waals surface area contributed by atoms with Crippen molar-refractivity contribution in [3.8, 4) is 0 Å². The molecule has 0 aliphatic carbocycles. The summed E-state index contributed by atoms with van der Waals surface area (Å²) < 4.78 is 10.7. The van der Waals surface area contributed by atoms with E-state index < -0.39 is 5.41 Å². The summed E-state index contributed by atoms with van der Waals surface area (Å²) in [6.07, 6.45) is 0. The molecule has 0 aromatic rings. The third-order valence-corrected chi connectivity index (χ3v) is 2.03. The van der Waals surface area contributed by atoms with E-state index in [9.17, 15) is 4.79 Å². The maximum atomic E-state index is 11.3. The van der Waals surface area contributed by atoms with Crippen LogP contribution < -0.4 is 11.3 Å². The van der Waals surface area contributed by atoms with Gasteiger partial charge >= 0.3 is 0 Å². The molecule has 0 bridgehead atoms. The third-order valence-electron chi connectivity index (χ3n) is 2.03. The Morgan fingerprint density at radius 2 is 1.88 bits per heavy atom. The van der Waals surface area contributed by atoms with E-state index in [1.165, 1.54) is 0 Å². The molecule has 0 aromatic heterocycles. The summed E-state index contributed by atoms with van der Waals surface area (Å²) in [5.41, 5.74) is 1.52. The lowest BCUT2D eigenvalue weighted by atomic mass is 9.94. The molecule has 0 spiro atoms. The van der Waals surface area contributed by atoms with Gasteiger partial charge in [-0.1, -0.05) is 13.8 Å². The van der Waals surface area contributed by atoms with Gasteiger partial charge in [-0.2, -0.15) is 0 Å². The average Bonchev–Trinajstić information content (AvgIpc) is 2.21. The van der Waals surface area contributed by atoms with Gasteiger partial charge in [-0.3, -0.25) is 10.2 Å². The Balaban J connectivity index is 3.54. The van der Waals surface area contributed by atoms with E-state index in [1.807, 2.05) is 0 Å². The first-order valence-electron chi connectivity index (χ1n) is 5.56. The molecule has 0 saturated carbocycles. The van der Waals surface area contributed by atoms with Crippen molar-refractivity contribution < 1.29 is 14.3 Å². The SMILES string of the molecule is CC(C)COCCOCC(C)(C)C(=O)NN. The number of hydrogen-bond donors (Lipinski definition) is 2. The number of carbonyl (C=O) groups excluding carboxylic acids is 1. The zero-order valence-electron chi connectivity index (χ0n) is 10.7. The normalized spacial score (nSPS) is 11.9. The lowest BCUT2D eigenvalue weighted by molar-refractivity contribution is -0.133. The lowest BCUT2D eigenvalue weighted by Gasteiger charge is -2.21. The van der Waals surface area contributed by atoms with Crippen LogP contribution in [0, 0.1) is 11.3 Å². The van der Waals surface area contributed by atoms with E-state index in [1.54, 1.807) is 13.8 Å². The van der Waals surface area contributed by atoms with Gasteiger partial charge in [0.25, 0.3) is 0 Å². The van der Waals surface area contributed by atoms with E-state index in [0.717, 1.165) is 6.61 Å². The zero-order valence-corrected chi connectivity index (χ0v) is 10.7. The molecule has 0 saturated heterocycles. The second kappa shape index (κ2) is 7.60. The maximum Gasteiger partial charge on any atom is 0.241 e. The number of amides is 1. The number of ether oxygens (including phenoxy) is 2. The smallest absolute Gasteiger partial charge is 0.241 e. The van der Waals surface area contributed by atoms with Gasteiger partial charge in [0.05, 0.1) is 25.2 Å². The quantitative estimate of drug-likeness (QED) is 0.279. The summed E-state index contributed by atoms with van der Waals surface area (Å²) >= 11 is 0. The third kappa shape index (κ3) is 6.76. The number of hydrogen-bond acceptors (Lipinski definition) is 4. The maximum absolute atomic E-state index is 11.3. The molecule has 1 amide bonds. The molecule has 0 atom stereocenters. The fourth-order valence-electron chi connectivity index (χ4n) is 1.03. The second-order valence-corrected chi connectivity index (χ2v) is 4.88. The minimum Gasteiger partial charge on any atom is -0.379 e. The highest BCUT2D eigenvalue weighted by Crippen LogP contribution is 2.14. The minimum absolute atomic E-state index is 0.226. The van der Waals surface area contributed by atoms with Gasteiger partial charge in [-0.15, -0.1) is 0 Å². The van der Waals surface area contributed by atoms with Gasteiger partial charge in [0.1, 0.15) is 0 Å². The Labute approximate surface area is 97.6 Å². The molecule has 16 heavy (non-hydrogen) atoms. The van der Waals surface area contributed by atoms with E-state index in [2.05, 4.69) is 19.3 Å². The Kier molecular flexibility index (Phi) is 7.29. The summed E-state index contributed by atoms with van der Waals surface area (Å²) in [7, 11) is 0. The van der Waals surface area contributed by atoms with E-state index in [4.69, 9.17) is 15.3 Å². The van der Waals surface area contributed by atoms with Crippen LogP contribution in [0.3, 0.4) is 0 Å². The van der Waals surface area contributed by atoms with Gasteiger partial charge < -0.3 is 9.47 Å². The molecule has 0 aliphatic heterocycles. The molecule has 0 radical (unpaired) electrons. The minimum atomic E-state index is -0.604. The summed E-state index contributed by atoms with van der Waals surface area (Å²) in [5, 5.41) is 0. The molecule has 5 heteroatoms. The molecule has 0 aromatic carbocycles. The molecule has 0 aliphatic rings. The van der Waals surface area contributed by atoms with Crippen LogP contribution in [0.15, 0.2) is 0 Å². The number of hydrazine groups is 1. The van der Waals surface area contributed by atoms with Gasteiger partial charge in [0.15, 0.2) is 0 Å². The summed E-state index contributed by atoms with van der Waals surface area (Å²) in [4.78, 5) is 11.3. The standard InChI is InChI=1S/C11H24N2O3/c1-9(2)7-15-5-6-16-8-11(3,4)10(14)13-12/h9H,5-8,12H2,1-4H3,(H,13,14). The first-order chi connectivity index (χ1) is 7.40. The van der Waals surface area contributed by atoms with E-state index in [-0.39, 0.29) is 5.91 Å². The lowest BCUT2D eigenvalue weighted by Crippen LogP contribution is -2.43. The van der Waals surface area contributed by atoms with Crippen molar-refractivity contribution in [2.45, 2.75) is 27.7 Å². The van der Waals surface area contributed by atoms with Crippen LogP contribution in [0.2, 0.25) is 0 Å². The Bertz CT molecular complexity index is 205. The van der Waals surface area contributed by atoms with Crippen molar-refractivity contribution in [2.24, 2.45) is 17.2 Å². The zero-order chi connectivity index (χ0) is 12.6. The number of nitrogens with two attached hydrogens (primary N) is 1. The Morgan fingerprint density at radius 1 is 1.31 bits per heavy atom. The molecular weight excluding hydrogens is 208 g/mol. The first kappa shape index (κ1) is 15.3. The van der Waals surface area contributed by atoms with E-state index in [0.29, 0.717) is 25.7 Å². The fourth-order valence-corrected chi connectivity index (χ4v) is 1.03. The molecule has 3 N–H and O–H groups in total. The van der Waals surface area contributed by atoms with Crippen LogP contribution in [0.1, 0.15) is 27.7 Å². The average molecular weight is 232 g/mol. The number of rotatable bonds is 8. The molecule has 0 unspecified atom stereocenters. The van der Waals surface area contributed by atoms with Crippen molar-refractivity contribution in [1.82, 2.24) is 5.43 Å². The highest BCUT2D eigenvalue weighted by molar-refractivity contribution is 5.81. The molecule has 0 fully saturated rings. The largest absolute Gasteiger partial charge is 0.379 e. The van der Waals surface area contributed by atoms with Gasteiger partial charge in [-0.25, -0.2) is 5.84 Å². The Morgan fingerprint density at radius 3 is 2.38 bits per heavy atom. The fraction of sp³-hybridized carbons (Fsp3) is 0.909. The molecule has 0 heterocycles. The van der Waals surface area contributed by atoms with Crippen molar-refractivity contribution in [3.63, 3.8) is 0 Å². The predicted octanol–water partition coefficient (Wildman–Crippen LogP) is 0.692.